The summed E-state index contributed by atoms with van der Waals surface area (Å²) in [5, 5.41) is 2.50. The van der Waals surface area contributed by atoms with Gasteiger partial charge >= 0.3 is 0 Å². The Morgan fingerprint density at radius 2 is 1.18 bits per heavy atom. The third-order valence-electron chi connectivity index (χ3n) is 9.13. The van der Waals surface area contributed by atoms with E-state index in [4.69, 9.17) is 4.98 Å². The maximum absolute atomic E-state index is 4.91. The Morgan fingerprint density at radius 1 is 0.564 bits per heavy atom. The van der Waals surface area contributed by atoms with E-state index in [-0.39, 0.29) is 5.41 Å². The lowest BCUT2D eigenvalue weighted by molar-refractivity contribution is 0.398. The van der Waals surface area contributed by atoms with Crippen molar-refractivity contribution in [3.05, 3.63) is 90.1 Å². The molecular weight excluding hydrogens is 470 g/mol. The lowest BCUT2D eigenvalue weighted by atomic mass is 9.70. The maximum Gasteiger partial charge on any atom is 0.0780 e. The number of nitrogens with zero attached hydrogens (tertiary/aromatic N) is 1. The van der Waals surface area contributed by atoms with Crippen molar-refractivity contribution in [1.82, 2.24) is 4.98 Å². The van der Waals surface area contributed by atoms with Crippen molar-refractivity contribution in [1.29, 1.82) is 0 Å². The molecule has 0 saturated carbocycles. The van der Waals surface area contributed by atoms with Crippen LogP contribution in [0.5, 0.6) is 0 Å². The molecule has 0 bridgehead atoms. The first-order valence-corrected chi connectivity index (χ1v) is 15.9. The van der Waals surface area contributed by atoms with Gasteiger partial charge in [0, 0.05) is 22.6 Å². The third-order valence-corrected chi connectivity index (χ3v) is 9.13. The summed E-state index contributed by atoms with van der Waals surface area (Å²) in [6.45, 7) is 4.62. The molecule has 1 aliphatic carbocycles. The van der Waals surface area contributed by atoms with E-state index in [0.717, 1.165) is 5.69 Å². The van der Waals surface area contributed by atoms with Gasteiger partial charge in [-0.25, -0.2) is 0 Å². The van der Waals surface area contributed by atoms with Crippen LogP contribution in [0.15, 0.2) is 79.0 Å². The average molecular weight is 518 g/mol. The molecule has 0 aliphatic heterocycles. The van der Waals surface area contributed by atoms with E-state index in [1.54, 1.807) is 11.1 Å². The van der Waals surface area contributed by atoms with Gasteiger partial charge in [0.05, 0.1) is 5.69 Å². The van der Waals surface area contributed by atoms with Crippen molar-refractivity contribution in [2.75, 3.05) is 0 Å². The Kier molecular flexibility index (Phi) is 9.51. The van der Waals surface area contributed by atoms with Crippen molar-refractivity contribution in [3.8, 4) is 22.4 Å². The number of aromatic nitrogens is 1. The SMILES string of the molecule is CCCCCCCCC1(CCCCCCCC)c2ccccc2-c2ccc(-c3nccc4ccccc34)cc21. The topological polar surface area (TPSA) is 12.9 Å². The molecule has 0 saturated heterocycles. The normalized spacial score (nSPS) is 13.5. The monoisotopic (exact) mass is 517 g/mol. The van der Waals surface area contributed by atoms with E-state index in [1.165, 1.54) is 117 Å². The molecule has 4 aromatic rings. The Hall–Kier alpha value is -2.93. The fraction of sp³-hybridized carbons (Fsp3) is 0.447. The van der Waals surface area contributed by atoms with Crippen molar-refractivity contribution < 1.29 is 0 Å². The summed E-state index contributed by atoms with van der Waals surface area (Å²) in [6.07, 6.45) is 20.7. The van der Waals surface area contributed by atoms with Crippen molar-refractivity contribution in [2.24, 2.45) is 0 Å². The number of hydrogen-bond acceptors (Lipinski definition) is 1. The highest BCUT2D eigenvalue weighted by atomic mass is 14.7. The highest BCUT2D eigenvalue weighted by Gasteiger charge is 2.42. The summed E-state index contributed by atoms with van der Waals surface area (Å²) in [5.41, 5.74) is 8.52. The molecule has 0 radical (unpaired) electrons. The van der Waals surface area contributed by atoms with Gasteiger partial charge in [0.15, 0.2) is 0 Å². The molecule has 1 heterocycles. The van der Waals surface area contributed by atoms with E-state index in [9.17, 15) is 0 Å². The van der Waals surface area contributed by atoms with E-state index in [0.29, 0.717) is 0 Å². The number of unbranched alkanes of at least 4 members (excludes halogenated alkanes) is 10. The highest BCUT2D eigenvalue weighted by molar-refractivity contribution is 5.95. The first kappa shape index (κ1) is 27.6. The molecule has 1 nitrogen and oxygen atoms in total. The number of fused-ring (bicyclic) bond motifs is 4. The molecule has 0 fully saturated rings. The molecule has 204 valence electrons. The van der Waals surface area contributed by atoms with E-state index >= 15 is 0 Å². The lowest BCUT2D eigenvalue weighted by Gasteiger charge is -2.33. The minimum absolute atomic E-state index is 0.113. The van der Waals surface area contributed by atoms with Gasteiger partial charge in [-0.2, -0.15) is 0 Å². The van der Waals surface area contributed by atoms with Crippen LogP contribution in [-0.4, -0.2) is 4.98 Å². The molecule has 5 rings (SSSR count). The molecule has 0 spiro atoms. The van der Waals surface area contributed by atoms with E-state index in [1.807, 2.05) is 6.20 Å². The van der Waals surface area contributed by atoms with Gasteiger partial charge < -0.3 is 0 Å². The number of hydrogen-bond donors (Lipinski definition) is 0. The molecule has 3 aromatic carbocycles. The molecule has 39 heavy (non-hydrogen) atoms. The summed E-state index contributed by atoms with van der Waals surface area (Å²) in [5.74, 6) is 0. The van der Waals surface area contributed by atoms with Gasteiger partial charge in [-0.1, -0.05) is 152 Å². The van der Waals surface area contributed by atoms with Crippen molar-refractivity contribution >= 4 is 10.8 Å². The van der Waals surface area contributed by atoms with Gasteiger partial charge in [0.25, 0.3) is 0 Å². The van der Waals surface area contributed by atoms with Crippen LogP contribution in [-0.2, 0) is 5.41 Å². The predicted octanol–water partition coefficient (Wildman–Crippen LogP) is 11.7. The minimum Gasteiger partial charge on any atom is -0.256 e. The van der Waals surface area contributed by atoms with Crippen LogP contribution in [0, 0.1) is 0 Å². The fourth-order valence-electron chi connectivity index (χ4n) is 7.03. The maximum atomic E-state index is 4.91. The van der Waals surface area contributed by atoms with Crippen molar-refractivity contribution in [3.63, 3.8) is 0 Å². The first-order valence-electron chi connectivity index (χ1n) is 15.9. The van der Waals surface area contributed by atoms with Gasteiger partial charge in [-0.3, -0.25) is 4.98 Å². The molecule has 1 aromatic heterocycles. The molecule has 0 N–H and O–H groups in total. The highest BCUT2D eigenvalue weighted by Crippen LogP contribution is 2.55. The minimum atomic E-state index is 0.113. The Morgan fingerprint density at radius 3 is 1.92 bits per heavy atom. The summed E-state index contributed by atoms with van der Waals surface area (Å²) >= 11 is 0. The van der Waals surface area contributed by atoms with Gasteiger partial charge in [0.1, 0.15) is 0 Å². The standard InChI is InChI=1S/C38H47N/c1-3-5-7-9-11-17-26-38(27-18-12-10-8-6-4-2)35-22-16-15-21-33(35)34-24-23-31(29-36(34)38)37-32-20-14-13-19-30(32)25-28-39-37/h13-16,19-25,28-29H,3-12,17-18,26-27H2,1-2H3. The molecule has 0 unspecified atom stereocenters. The molecule has 0 atom stereocenters. The number of benzene rings is 3. The van der Waals surface area contributed by atoms with Crippen LogP contribution in [0.1, 0.15) is 115 Å². The lowest BCUT2D eigenvalue weighted by Crippen LogP contribution is -2.25. The van der Waals surface area contributed by atoms with Crippen LogP contribution >= 0.6 is 0 Å². The second-order valence-electron chi connectivity index (χ2n) is 11.8. The molecule has 0 amide bonds. The zero-order valence-corrected chi connectivity index (χ0v) is 24.4. The van der Waals surface area contributed by atoms with Crippen LogP contribution in [0.3, 0.4) is 0 Å². The van der Waals surface area contributed by atoms with E-state index in [2.05, 4.69) is 86.6 Å². The quantitative estimate of drug-likeness (QED) is 0.143. The van der Waals surface area contributed by atoms with Crippen LogP contribution in [0.25, 0.3) is 33.2 Å². The zero-order chi connectivity index (χ0) is 26.9. The fourth-order valence-corrected chi connectivity index (χ4v) is 7.03. The molecule has 1 heteroatoms. The van der Waals surface area contributed by atoms with Crippen LogP contribution in [0.2, 0.25) is 0 Å². The molecule has 1 aliphatic rings. The largest absolute Gasteiger partial charge is 0.256 e. The molecular formula is C38H47N. The number of rotatable bonds is 15. The Balaban J connectivity index is 1.52. The van der Waals surface area contributed by atoms with Gasteiger partial charge in [0.2, 0.25) is 0 Å². The van der Waals surface area contributed by atoms with Gasteiger partial charge in [-0.15, -0.1) is 0 Å². The third kappa shape index (κ3) is 5.98. The van der Waals surface area contributed by atoms with Gasteiger partial charge in [-0.05, 0) is 52.6 Å². The average Bonchev–Trinajstić information content (AvgIpc) is 3.25. The van der Waals surface area contributed by atoms with Crippen LogP contribution in [0.4, 0.5) is 0 Å². The Labute approximate surface area is 237 Å². The predicted molar refractivity (Wildman–Crippen MR) is 169 cm³/mol. The second kappa shape index (κ2) is 13.4. The van der Waals surface area contributed by atoms with Crippen LogP contribution < -0.4 is 0 Å². The first-order chi connectivity index (χ1) is 19.3. The number of pyridine rings is 1. The summed E-state index contributed by atoms with van der Waals surface area (Å²) in [7, 11) is 0. The second-order valence-corrected chi connectivity index (χ2v) is 11.8. The Bertz CT molecular complexity index is 1330. The van der Waals surface area contributed by atoms with Crippen molar-refractivity contribution in [2.45, 2.75) is 109 Å². The summed E-state index contributed by atoms with van der Waals surface area (Å²) in [6, 6.07) is 27.4. The summed E-state index contributed by atoms with van der Waals surface area (Å²) in [4.78, 5) is 4.91. The van der Waals surface area contributed by atoms with E-state index < -0.39 is 0 Å². The zero-order valence-electron chi connectivity index (χ0n) is 24.4. The summed E-state index contributed by atoms with van der Waals surface area (Å²) < 4.78 is 0. The smallest absolute Gasteiger partial charge is 0.0780 e.